The molecule has 1 unspecified atom stereocenters. The van der Waals surface area contributed by atoms with Crippen molar-refractivity contribution in [2.75, 3.05) is 0 Å². The lowest BCUT2D eigenvalue weighted by Gasteiger charge is -2.12. The molecule has 5 heteroatoms. The van der Waals surface area contributed by atoms with Crippen LogP contribution in [0, 0.1) is 6.92 Å². The highest BCUT2D eigenvalue weighted by Gasteiger charge is 2.10. The van der Waals surface area contributed by atoms with E-state index in [1.54, 1.807) is 13.0 Å². The van der Waals surface area contributed by atoms with Gasteiger partial charge in [-0.1, -0.05) is 5.16 Å². The summed E-state index contributed by atoms with van der Waals surface area (Å²) in [6.45, 7) is 3.60. The molecule has 0 spiro atoms. The summed E-state index contributed by atoms with van der Waals surface area (Å²) < 4.78 is 11.0. The van der Waals surface area contributed by atoms with Crippen LogP contribution in [0.2, 0.25) is 0 Å². The van der Waals surface area contributed by atoms with Crippen LogP contribution < -0.4 is 10.5 Å². The maximum absolute atomic E-state index is 8.53. The predicted molar refractivity (Wildman–Crippen MR) is 64.4 cm³/mol. The predicted octanol–water partition coefficient (Wildman–Crippen LogP) is 2.25. The molecule has 1 aromatic heterocycles. The van der Waals surface area contributed by atoms with Gasteiger partial charge < -0.3 is 20.1 Å². The molecule has 3 N–H and O–H groups in total. The maximum atomic E-state index is 8.53. The third-order valence-corrected chi connectivity index (χ3v) is 2.46. The van der Waals surface area contributed by atoms with Crippen molar-refractivity contribution in [3.05, 3.63) is 30.0 Å². The van der Waals surface area contributed by atoms with Crippen LogP contribution in [0.3, 0.4) is 0 Å². The number of aryl methyl sites for hydroxylation is 1. The monoisotopic (exact) mass is 234 g/mol. The van der Waals surface area contributed by atoms with E-state index in [1.165, 1.54) is 0 Å². The number of nitrogens with zero attached hydrogens (tertiary/aromatic N) is 1. The van der Waals surface area contributed by atoms with Gasteiger partial charge in [-0.3, -0.25) is 0 Å². The van der Waals surface area contributed by atoms with E-state index in [9.17, 15) is 0 Å². The summed E-state index contributed by atoms with van der Waals surface area (Å²) in [6, 6.07) is 7.40. The van der Waals surface area contributed by atoms with Crippen molar-refractivity contribution in [2.45, 2.75) is 20.0 Å². The number of fused-ring (bicyclic) bond motifs is 1. The zero-order chi connectivity index (χ0) is 12.4. The summed E-state index contributed by atoms with van der Waals surface area (Å²) in [7, 11) is 0. The van der Waals surface area contributed by atoms with Gasteiger partial charge in [0.1, 0.15) is 17.1 Å². The summed E-state index contributed by atoms with van der Waals surface area (Å²) in [5.41, 5.74) is 6.25. The summed E-state index contributed by atoms with van der Waals surface area (Å²) in [6.07, 6.45) is -0.481. The first-order valence-corrected chi connectivity index (χ1v) is 5.24. The molecule has 5 nitrogen and oxygen atoms in total. The van der Waals surface area contributed by atoms with Gasteiger partial charge in [0.25, 0.3) is 0 Å². The first-order chi connectivity index (χ1) is 8.10. The first-order valence-electron chi connectivity index (χ1n) is 5.24. The van der Waals surface area contributed by atoms with Gasteiger partial charge in [0.05, 0.1) is 0 Å². The molecule has 0 aliphatic rings. The molecule has 0 bridgehead atoms. The number of oxime groups is 1. The highest BCUT2D eigenvalue weighted by atomic mass is 16.5. The Morgan fingerprint density at radius 3 is 2.94 bits per heavy atom. The Kier molecular flexibility index (Phi) is 2.91. The van der Waals surface area contributed by atoms with E-state index in [-0.39, 0.29) is 5.84 Å². The van der Waals surface area contributed by atoms with E-state index in [0.717, 1.165) is 16.7 Å². The molecule has 2 rings (SSSR count). The Morgan fingerprint density at radius 2 is 2.24 bits per heavy atom. The van der Waals surface area contributed by atoms with Gasteiger partial charge in [-0.2, -0.15) is 0 Å². The number of hydrogen-bond donors (Lipinski definition) is 2. The summed E-state index contributed by atoms with van der Waals surface area (Å²) in [4.78, 5) is 0. The average molecular weight is 234 g/mol. The fourth-order valence-electron chi connectivity index (χ4n) is 1.57. The summed E-state index contributed by atoms with van der Waals surface area (Å²) in [5.74, 6) is 1.53. The standard InChI is InChI=1S/C12H14N2O3/c1-7-5-9-6-10(3-4-11(9)16-7)17-8(2)12(13)14-15/h3-6,8,15H,1-2H3,(H2,13,14). The minimum atomic E-state index is -0.481. The molecule has 0 radical (unpaired) electrons. The van der Waals surface area contributed by atoms with Gasteiger partial charge in [-0.05, 0) is 38.1 Å². The molecule has 90 valence electrons. The van der Waals surface area contributed by atoms with E-state index in [0.29, 0.717) is 5.75 Å². The third kappa shape index (κ3) is 2.33. The first kappa shape index (κ1) is 11.3. The van der Waals surface area contributed by atoms with E-state index < -0.39 is 6.10 Å². The van der Waals surface area contributed by atoms with E-state index >= 15 is 0 Å². The molecule has 17 heavy (non-hydrogen) atoms. The highest BCUT2D eigenvalue weighted by molar-refractivity contribution is 5.84. The Labute approximate surface area is 98.5 Å². The van der Waals surface area contributed by atoms with Crippen LogP contribution in [-0.4, -0.2) is 17.1 Å². The normalized spacial score (nSPS) is 13.9. The molecular formula is C12H14N2O3. The fourth-order valence-corrected chi connectivity index (χ4v) is 1.57. The van der Waals surface area contributed by atoms with Crippen LogP contribution >= 0.6 is 0 Å². The van der Waals surface area contributed by atoms with Gasteiger partial charge in [0, 0.05) is 5.39 Å². The van der Waals surface area contributed by atoms with E-state index in [2.05, 4.69) is 5.16 Å². The van der Waals surface area contributed by atoms with Crippen LogP contribution in [0.25, 0.3) is 11.0 Å². The minimum Gasteiger partial charge on any atom is -0.483 e. The van der Waals surface area contributed by atoms with Crippen molar-refractivity contribution >= 4 is 16.8 Å². The summed E-state index contributed by atoms with van der Waals surface area (Å²) >= 11 is 0. The minimum absolute atomic E-state index is 0.0356. The van der Waals surface area contributed by atoms with Gasteiger partial charge >= 0.3 is 0 Å². The molecule has 0 saturated carbocycles. The van der Waals surface area contributed by atoms with Crippen LogP contribution in [0.15, 0.2) is 33.8 Å². The van der Waals surface area contributed by atoms with Gasteiger partial charge in [-0.15, -0.1) is 0 Å². The van der Waals surface area contributed by atoms with Crippen molar-refractivity contribution in [3.8, 4) is 5.75 Å². The van der Waals surface area contributed by atoms with E-state index in [1.807, 2.05) is 25.1 Å². The number of amidine groups is 1. The largest absolute Gasteiger partial charge is 0.483 e. The molecular weight excluding hydrogens is 220 g/mol. The fraction of sp³-hybridized carbons (Fsp3) is 0.250. The second-order valence-corrected chi connectivity index (χ2v) is 3.84. The molecule has 1 atom stereocenters. The van der Waals surface area contributed by atoms with Gasteiger partial charge in [0.2, 0.25) is 0 Å². The van der Waals surface area contributed by atoms with Crippen molar-refractivity contribution in [1.82, 2.24) is 0 Å². The van der Waals surface area contributed by atoms with Crippen molar-refractivity contribution in [2.24, 2.45) is 10.9 Å². The lowest BCUT2D eigenvalue weighted by atomic mass is 10.2. The van der Waals surface area contributed by atoms with Crippen LogP contribution in [0.1, 0.15) is 12.7 Å². The molecule has 1 heterocycles. The second-order valence-electron chi connectivity index (χ2n) is 3.84. The van der Waals surface area contributed by atoms with E-state index in [4.69, 9.17) is 20.1 Å². The van der Waals surface area contributed by atoms with Gasteiger partial charge in [0.15, 0.2) is 11.9 Å². The molecule has 0 aliphatic heterocycles. The smallest absolute Gasteiger partial charge is 0.180 e. The summed E-state index contributed by atoms with van der Waals surface area (Å²) in [5, 5.41) is 12.4. The number of nitrogens with two attached hydrogens (primary N) is 1. The Bertz CT molecular complexity index is 560. The lowest BCUT2D eigenvalue weighted by Crippen LogP contribution is -2.31. The van der Waals surface area contributed by atoms with Crippen molar-refractivity contribution < 1.29 is 14.4 Å². The Morgan fingerprint density at radius 1 is 1.47 bits per heavy atom. The van der Waals surface area contributed by atoms with Crippen molar-refractivity contribution in [3.63, 3.8) is 0 Å². The zero-order valence-corrected chi connectivity index (χ0v) is 9.68. The van der Waals surface area contributed by atoms with Crippen LogP contribution in [-0.2, 0) is 0 Å². The molecule has 1 aromatic carbocycles. The molecule has 0 amide bonds. The quantitative estimate of drug-likeness (QED) is 0.369. The molecule has 0 fully saturated rings. The van der Waals surface area contributed by atoms with Gasteiger partial charge in [-0.25, -0.2) is 0 Å². The Balaban J connectivity index is 2.24. The molecule has 0 saturated heterocycles. The SMILES string of the molecule is Cc1cc2cc(OC(C)C(N)=NO)ccc2o1. The second kappa shape index (κ2) is 4.37. The van der Waals surface area contributed by atoms with Crippen molar-refractivity contribution in [1.29, 1.82) is 0 Å². The van der Waals surface area contributed by atoms with Crippen LogP contribution in [0.5, 0.6) is 5.75 Å². The number of furan rings is 1. The molecule has 0 aliphatic carbocycles. The number of hydrogen-bond acceptors (Lipinski definition) is 4. The highest BCUT2D eigenvalue weighted by Crippen LogP contribution is 2.24. The number of ether oxygens (including phenoxy) is 1. The molecule has 2 aromatic rings. The number of rotatable bonds is 3. The average Bonchev–Trinajstić information content (AvgIpc) is 2.67. The zero-order valence-electron chi connectivity index (χ0n) is 9.68. The third-order valence-electron chi connectivity index (χ3n) is 2.46. The van der Waals surface area contributed by atoms with Crippen LogP contribution in [0.4, 0.5) is 0 Å². The number of benzene rings is 1. The topological polar surface area (TPSA) is 81.0 Å². The Hall–Kier alpha value is -2.17. The maximum Gasteiger partial charge on any atom is 0.180 e. The lowest BCUT2D eigenvalue weighted by molar-refractivity contribution is 0.266.